The van der Waals surface area contributed by atoms with E-state index in [-0.39, 0.29) is 29.0 Å². The third kappa shape index (κ3) is 3.56. The Labute approximate surface area is 173 Å². The second-order valence-electron chi connectivity index (χ2n) is 7.53. The lowest BCUT2D eigenvalue weighted by atomic mass is 9.96. The Morgan fingerprint density at radius 3 is 2.63 bits per heavy atom. The molecule has 3 heterocycles. The maximum Gasteiger partial charge on any atom is 0.295 e. The van der Waals surface area contributed by atoms with Gasteiger partial charge in [0.2, 0.25) is 5.91 Å². The highest BCUT2D eigenvalue weighted by Crippen LogP contribution is 2.21. The maximum atomic E-state index is 13.0. The standard InChI is InChI=1S/C22H24N4O4/c1-15-19(22(29)26(24(15)2)18-8-4-3-5-9-18)23-20(27)16-7-6-11-25(13-16)21(28)17-10-12-30-14-17/h3-5,8-10,12,14,16H,6-7,11,13H2,1-2H3,(H,23,27). The molecule has 1 atom stereocenters. The van der Waals surface area contributed by atoms with Gasteiger partial charge in [0, 0.05) is 20.1 Å². The molecule has 0 saturated carbocycles. The molecule has 8 nitrogen and oxygen atoms in total. The smallest absolute Gasteiger partial charge is 0.295 e. The van der Waals surface area contributed by atoms with Gasteiger partial charge in [0.25, 0.3) is 11.5 Å². The van der Waals surface area contributed by atoms with E-state index >= 15 is 0 Å². The number of furan rings is 1. The van der Waals surface area contributed by atoms with Crippen molar-refractivity contribution in [1.82, 2.24) is 14.3 Å². The van der Waals surface area contributed by atoms with Gasteiger partial charge in [-0.1, -0.05) is 18.2 Å². The number of likely N-dealkylation sites (tertiary alicyclic amines) is 1. The zero-order valence-corrected chi connectivity index (χ0v) is 17.0. The molecule has 2 aromatic heterocycles. The molecule has 2 amide bonds. The minimum absolute atomic E-state index is 0.149. The van der Waals surface area contributed by atoms with Crippen molar-refractivity contribution in [2.45, 2.75) is 19.8 Å². The first-order valence-corrected chi connectivity index (χ1v) is 9.93. The van der Waals surface area contributed by atoms with Gasteiger partial charge in [-0.25, -0.2) is 4.68 Å². The number of hydrogen-bond acceptors (Lipinski definition) is 4. The van der Waals surface area contributed by atoms with Crippen LogP contribution in [0.25, 0.3) is 5.69 Å². The number of nitrogens with one attached hydrogen (secondary N) is 1. The van der Waals surface area contributed by atoms with Gasteiger partial charge in [-0.3, -0.25) is 19.1 Å². The third-order valence-electron chi connectivity index (χ3n) is 5.65. The van der Waals surface area contributed by atoms with Crippen molar-refractivity contribution in [1.29, 1.82) is 0 Å². The lowest BCUT2D eigenvalue weighted by Gasteiger charge is -2.31. The molecule has 1 aliphatic heterocycles. The lowest BCUT2D eigenvalue weighted by molar-refractivity contribution is -0.121. The van der Waals surface area contributed by atoms with Gasteiger partial charge in [0.05, 0.1) is 29.1 Å². The van der Waals surface area contributed by atoms with E-state index < -0.39 is 0 Å². The summed E-state index contributed by atoms with van der Waals surface area (Å²) in [5.41, 5.74) is 1.85. The van der Waals surface area contributed by atoms with Crippen LogP contribution in [0.4, 0.5) is 5.69 Å². The van der Waals surface area contributed by atoms with Crippen LogP contribution in [0, 0.1) is 12.8 Å². The van der Waals surface area contributed by atoms with Gasteiger partial charge in [-0.15, -0.1) is 0 Å². The number of anilines is 1. The summed E-state index contributed by atoms with van der Waals surface area (Å²) >= 11 is 0. The Bertz CT molecular complexity index is 1110. The van der Waals surface area contributed by atoms with E-state index in [1.807, 2.05) is 30.3 Å². The van der Waals surface area contributed by atoms with Gasteiger partial charge in [-0.05, 0) is 38.0 Å². The second kappa shape index (κ2) is 8.06. The van der Waals surface area contributed by atoms with Gasteiger partial charge < -0.3 is 14.6 Å². The fraction of sp³-hybridized carbons (Fsp3) is 0.318. The second-order valence-corrected chi connectivity index (χ2v) is 7.53. The molecule has 0 spiro atoms. The van der Waals surface area contributed by atoms with Gasteiger partial charge in [0.1, 0.15) is 12.0 Å². The average Bonchev–Trinajstić information content (AvgIpc) is 3.38. The van der Waals surface area contributed by atoms with Crippen LogP contribution in [0.15, 0.2) is 58.1 Å². The highest BCUT2D eigenvalue weighted by molar-refractivity contribution is 5.96. The van der Waals surface area contributed by atoms with E-state index in [9.17, 15) is 14.4 Å². The summed E-state index contributed by atoms with van der Waals surface area (Å²) in [7, 11) is 1.78. The van der Waals surface area contributed by atoms with Gasteiger partial charge in [0.15, 0.2) is 0 Å². The summed E-state index contributed by atoms with van der Waals surface area (Å²) in [6.07, 6.45) is 4.26. The van der Waals surface area contributed by atoms with Crippen molar-refractivity contribution in [3.63, 3.8) is 0 Å². The predicted octanol–water partition coefficient (Wildman–Crippen LogP) is 2.57. The highest BCUT2D eigenvalue weighted by atomic mass is 16.3. The van der Waals surface area contributed by atoms with Crippen LogP contribution in [-0.4, -0.2) is 39.2 Å². The summed E-state index contributed by atoms with van der Waals surface area (Å²) in [4.78, 5) is 40.2. The van der Waals surface area contributed by atoms with Crippen LogP contribution in [-0.2, 0) is 11.8 Å². The molecular formula is C22H24N4O4. The summed E-state index contributed by atoms with van der Waals surface area (Å²) in [6, 6.07) is 10.9. The minimum Gasteiger partial charge on any atom is -0.472 e. The van der Waals surface area contributed by atoms with E-state index in [1.54, 1.807) is 29.6 Å². The zero-order chi connectivity index (χ0) is 21.3. The minimum atomic E-state index is -0.376. The van der Waals surface area contributed by atoms with E-state index in [1.165, 1.54) is 17.2 Å². The van der Waals surface area contributed by atoms with E-state index in [0.29, 0.717) is 30.8 Å². The Kier molecular flexibility index (Phi) is 5.31. The summed E-state index contributed by atoms with van der Waals surface area (Å²) < 4.78 is 8.24. The lowest BCUT2D eigenvalue weighted by Crippen LogP contribution is -2.44. The number of benzene rings is 1. The molecule has 1 unspecified atom stereocenters. The Morgan fingerprint density at radius 2 is 1.93 bits per heavy atom. The average molecular weight is 408 g/mol. The summed E-state index contributed by atoms with van der Waals surface area (Å²) in [5, 5.41) is 2.82. The monoisotopic (exact) mass is 408 g/mol. The summed E-state index contributed by atoms with van der Waals surface area (Å²) in [6.45, 7) is 2.71. The number of piperidine rings is 1. The number of carbonyl (C=O) groups excluding carboxylic acids is 2. The van der Waals surface area contributed by atoms with Crippen molar-refractivity contribution in [3.05, 3.63) is 70.5 Å². The number of hydrogen-bond donors (Lipinski definition) is 1. The van der Waals surface area contributed by atoms with Crippen molar-refractivity contribution >= 4 is 17.5 Å². The Balaban J connectivity index is 1.53. The quantitative estimate of drug-likeness (QED) is 0.719. The molecular weight excluding hydrogens is 384 g/mol. The van der Waals surface area contributed by atoms with Crippen molar-refractivity contribution in [2.24, 2.45) is 13.0 Å². The number of para-hydroxylation sites is 1. The highest BCUT2D eigenvalue weighted by Gasteiger charge is 2.30. The van der Waals surface area contributed by atoms with Crippen LogP contribution in [0.3, 0.4) is 0 Å². The molecule has 4 rings (SSSR count). The topological polar surface area (TPSA) is 89.5 Å². The van der Waals surface area contributed by atoms with Crippen LogP contribution in [0.5, 0.6) is 0 Å². The Hall–Kier alpha value is -3.55. The Morgan fingerprint density at radius 1 is 1.17 bits per heavy atom. The number of aromatic nitrogens is 2. The number of amides is 2. The van der Waals surface area contributed by atoms with Crippen molar-refractivity contribution < 1.29 is 14.0 Å². The van der Waals surface area contributed by atoms with E-state index in [0.717, 1.165) is 12.1 Å². The normalized spacial score (nSPS) is 16.5. The van der Waals surface area contributed by atoms with Gasteiger partial charge >= 0.3 is 0 Å². The molecule has 1 N–H and O–H groups in total. The van der Waals surface area contributed by atoms with Gasteiger partial charge in [-0.2, -0.15) is 0 Å². The van der Waals surface area contributed by atoms with Crippen molar-refractivity contribution in [2.75, 3.05) is 18.4 Å². The molecule has 0 aliphatic carbocycles. The molecule has 1 saturated heterocycles. The first-order valence-electron chi connectivity index (χ1n) is 9.93. The third-order valence-corrected chi connectivity index (χ3v) is 5.65. The summed E-state index contributed by atoms with van der Waals surface area (Å²) in [5.74, 6) is -0.770. The van der Waals surface area contributed by atoms with Crippen molar-refractivity contribution in [3.8, 4) is 5.69 Å². The largest absolute Gasteiger partial charge is 0.472 e. The first-order chi connectivity index (χ1) is 14.5. The van der Waals surface area contributed by atoms with Crippen LogP contribution in [0.2, 0.25) is 0 Å². The number of nitrogens with zero attached hydrogens (tertiary/aromatic N) is 3. The van der Waals surface area contributed by atoms with E-state index in [2.05, 4.69) is 5.32 Å². The number of carbonyl (C=O) groups is 2. The SMILES string of the molecule is Cc1c(NC(=O)C2CCCN(C(=O)c3ccoc3)C2)c(=O)n(-c2ccccc2)n1C. The predicted molar refractivity (Wildman–Crippen MR) is 112 cm³/mol. The molecule has 8 heteroatoms. The fourth-order valence-electron chi connectivity index (χ4n) is 3.88. The van der Waals surface area contributed by atoms with Crippen LogP contribution < -0.4 is 10.9 Å². The van der Waals surface area contributed by atoms with Crippen LogP contribution >= 0.6 is 0 Å². The maximum absolute atomic E-state index is 13.0. The van der Waals surface area contributed by atoms with E-state index in [4.69, 9.17) is 4.42 Å². The van der Waals surface area contributed by atoms with Crippen LogP contribution in [0.1, 0.15) is 28.9 Å². The molecule has 1 fully saturated rings. The molecule has 0 bridgehead atoms. The molecule has 3 aromatic rings. The number of rotatable bonds is 4. The molecule has 0 radical (unpaired) electrons. The zero-order valence-electron chi connectivity index (χ0n) is 17.0. The molecule has 156 valence electrons. The fourth-order valence-corrected chi connectivity index (χ4v) is 3.88. The molecule has 1 aromatic carbocycles. The molecule has 1 aliphatic rings. The molecule has 30 heavy (non-hydrogen) atoms. The first kappa shape index (κ1) is 19.8.